The van der Waals surface area contributed by atoms with Crippen LogP contribution in [0.25, 0.3) is 22.3 Å². The number of aryl methyl sites for hydroxylation is 3. The van der Waals surface area contributed by atoms with E-state index in [1.54, 1.807) is 27.0 Å². The Hall–Kier alpha value is -4.08. The van der Waals surface area contributed by atoms with Crippen molar-refractivity contribution in [3.8, 4) is 11.3 Å². The normalized spacial score (nSPS) is 11.7. The third kappa shape index (κ3) is 3.74. The molecule has 0 radical (unpaired) electrons. The van der Waals surface area contributed by atoms with Crippen LogP contribution in [0.1, 0.15) is 28.7 Å². The second-order valence-electron chi connectivity index (χ2n) is 8.24. The van der Waals surface area contributed by atoms with Crippen molar-refractivity contribution in [3.63, 3.8) is 0 Å². The van der Waals surface area contributed by atoms with Crippen molar-refractivity contribution >= 4 is 11.0 Å². The van der Waals surface area contributed by atoms with Crippen molar-refractivity contribution in [2.24, 2.45) is 7.05 Å². The number of halogens is 5. The molecule has 3 aromatic carbocycles. The molecule has 5 aromatic rings. The Balaban J connectivity index is 1.85. The molecule has 0 bridgehead atoms. The molecule has 2 aromatic heterocycles. The zero-order valence-electron chi connectivity index (χ0n) is 18.8. The van der Waals surface area contributed by atoms with Crippen molar-refractivity contribution in [3.05, 3.63) is 100 Å². The fourth-order valence-electron chi connectivity index (χ4n) is 4.48. The Morgan fingerprint density at radius 2 is 1.37 bits per heavy atom. The zero-order chi connectivity index (χ0) is 25.0. The highest BCUT2D eigenvalue weighted by Crippen LogP contribution is 2.37. The summed E-state index contributed by atoms with van der Waals surface area (Å²) in [6.07, 6.45) is 0. The number of rotatable bonds is 4. The van der Waals surface area contributed by atoms with E-state index in [4.69, 9.17) is 0 Å². The number of aromatic nitrogens is 5. The maximum Gasteiger partial charge on any atom is 0.151 e. The van der Waals surface area contributed by atoms with Crippen LogP contribution in [-0.4, -0.2) is 24.5 Å². The van der Waals surface area contributed by atoms with Crippen LogP contribution in [0, 0.1) is 42.9 Å². The minimum atomic E-state index is -1.23. The molecule has 0 atom stereocenters. The first-order chi connectivity index (χ1) is 16.7. The highest BCUT2D eigenvalue weighted by Gasteiger charge is 2.28. The summed E-state index contributed by atoms with van der Waals surface area (Å²) in [5.74, 6) is -3.92. The van der Waals surface area contributed by atoms with Gasteiger partial charge in [-0.1, -0.05) is 17.3 Å². The van der Waals surface area contributed by atoms with Gasteiger partial charge in [-0.2, -0.15) is 0 Å². The fourth-order valence-corrected chi connectivity index (χ4v) is 4.48. The van der Waals surface area contributed by atoms with Crippen LogP contribution in [0.2, 0.25) is 0 Å². The molecular weight excluding hydrogens is 465 g/mol. The summed E-state index contributed by atoms with van der Waals surface area (Å²) in [5, 5.41) is 7.95. The number of benzene rings is 3. The third-order valence-electron chi connectivity index (χ3n) is 5.97. The van der Waals surface area contributed by atoms with Crippen LogP contribution in [0.5, 0.6) is 0 Å². The summed E-state index contributed by atoms with van der Waals surface area (Å²) in [4.78, 5) is 4.30. The lowest BCUT2D eigenvalue weighted by Gasteiger charge is -2.23. The van der Waals surface area contributed by atoms with Crippen LogP contribution in [0.3, 0.4) is 0 Å². The van der Waals surface area contributed by atoms with Gasteiger partial charge in [0.15, 0.2) is 5.82 Å². The van der Waals surface area contributed by atoms with E-state index in [0.29, 0.717) is 29.1 Å². The molecule has 5 nitrogen and oxygen atoms in total. The molecule has 0 N–H and O–H groups in total. The van der Waals surface area contributed by atoms with Crippen molar-refractivity contribution in [1.29, 1.82) is 0 Å². The lowest BCUT2D eigenvalue weighted by Crippen LogP contribution is -2.17. The Kier molecular flexibility index (Phi) is 5.38. The van der Waals surface area contributed by atoms with Gasteiger partial charge in [-0.15, -0.1) is 5.10 Å². The Labute approximate surface area is 196 Å². The van der Waals surface area contributed by atoms with Gasteiger partial charge in [-0.25, -0.2) is 31.6 Å². The molecule has 10 heteroatoms. The first-order valence-electron chi connectivity index (χ1n) is 10.6. The lowest BCUT2D eigenvalue weighted by atomic mass is 9.96. The molecule has 0 fully saturated rings. The first-order valence-corrected chi connectivity index (χ1v) is 10.6. The molecule has 5 rings (SSSR count). The molecule has 0 saturated carbocycles. The molecule has 0 aliphatic heterocycles. The second-order valence-corrected chi connectivity index (χ2v) is 8.24. The van der Waals surface area contributed by atoms with Crippen molar-refractivity contribution in [2.75, 3.05) is 0 Å². The molecule has 0 aliphatic carbocycles. The second kappa shape index (κ2) is 8.30. The molecule has 178 valence electrons. The topological polar surface area (TPSA) is 48.5 Å². The summed E-state index contributed by atoms with van der Waals surface area (Å²) in [5.41, 5.74) is 1.56. The van der Waals surface area contributed by atoms with Gasteiger partial charge < -0.3 is 4.57 Å². The predicted molar refractivity (Wildman–Crippen MR) is 119 cm³/mol. The monoisotopic (exact) mass is 483 g/mol. The van der Waals surface area contributed by atoms with Gasteiger partial charge in [-0.3, -0.25) is 0 Å². The van der Waals surface area contributed by atoms with Crippen molar-refractivity contribution in [2.45, 2.75) is 19.9 Å². The molecular formula is C25H18F5N5. The highest BCUT2D eigenvalue weighted by molar-refractivity contribution is 5.83. The minimum absolute atomic E-state index is 0.0194. The van der Waals surface area contributed by atoms with E-state index < -0.39 is 35.1 Å². The standard InChI is InChI=1S/C25H18F5N5/c1-12-24(34(3)33-32-12)14-8-21(30)23-22(9-14)35(13(2)31-23)25(17-6-4-15(26)10-19(17)28)18-7-5-16(27)11-20(18)29/h4-11,25H,1-3H3. The van der Waals surface area contributed by atoms with E-state index in [2.05, 4.69) is 15.3 Å². The van der Waals surface area contributed by atoms with Crippen LogP contribution in [-0.2, 0) is 7.05 Å². The van der Waals surface area contributed by atoms with E-state index in [0.717, 1.165) is 12.1 Å². The van der Waals surface area contributed by atoms with Gasteiger partial charge in [0.25, 0.3) is 0 Å². The Morgan fingerprint density at radius 1 is 0.771 bits per heavy atom. The molecule has 35 heavy (non-hydrogen) atoms. The quantitative estimate of drug-likeness (QED) is 0.305. The van der Waals surface area contributed by atoms with E-state index in [1.165, 1.54) is 27.4 Å². The largest absolute Gasteiger partial charge is 0.316 e. The summed E-state index contributed by atoms with van der Waals surface area (Å²) < 4.78 is 75.7. The zero-order valence-corrected chi connectivity index (χ0v) is 18.8. The van der Waals surface area contributed by atoms with Gasteiger partial charge in [0, 0.05) is 35.9 Å². The fraction of sp³-hybridized carbons (Fsp3) is 0.160. The average Bonchev–Trinajstić information content (AvgIpc) is 3.29. The van der Waals surface area contributed by atoms with Gasteiger partial charge in [0.2, 0.25) is 0 Å². The smallest absolute Gasteiger partial charge is 0.151 e. The summed E-state index contributed by atoms with van der Waals surface area (Å²) in [7, 11) is 1.66. The maximum absolute atomic E-state index is 15.3. The van der Waals surface area contributed by atoms with E-state index in [-0.39, 0.29) is 28.0 Å². The predicted octanol–water partition coefficient (Wildman–Crippen LogP) is 5.78. The van der Waals surface area contributed by atoms with E-state index in [1.807, 2.05) is 0 Å². The number of hydrogen-bond donors (Lipinski definition) is 0. The van der Waals surface area contributed by atoms with Gasteiger partial charge >= 0.3 is 0 Å². The van der Waals surface area contributed by atoms with Crippen LogP contribution >= 0.6 is 0 Å². The van der Waals surface area contributed by atoms with Crippen LogP contribution in [0.4, 0.5) is 22.0 Å². The van der Waals surface area contributed by atoms with E-state index in [9.17, 15) is 8.78 Å². The number of fused-ring (bicyclic) bond motifs is 1. The van der Waals surface area contributed by atoms with Gasteiger partial charge in [-0.05, 0) is 38.1 Å². The van der Waals surface area contributed by atoms with Gasteiger partial charge in [0.05, 0.1) is 22.9 Å². The summed E-state index contributed by atoms with van der Waals surface area (Å²) >= 11 is 0. The highest BCUT2D eigenvalue weighted by atomic mass is 19.1. The molecule has 0 unspecified atom stereocenters. The minimum Gasteiger partial charge on any atom is -0.316 e. The summed E-state index contributed by atoms with van der Waals surface area (Å²) in [6, 6.07) is 7.47. The Bertz CT molecular complexity index is 1530. The van der Waals surface area contributed by atoms with E-state index >= 15 is 13.2 Å². The molecule has 0 aliphatic rings. The van der Waals surface area contributed by atoms with Crippen LogP contribution in [0.15, 0.2) is 48.5 Å². The summed E-state index contributed by atoms with van der Waals surface area (Å²) in [6.45, 7) is 3.28. The molecule has 0 saturated heterocycles. The lowest BCUT2D eigenvalue weighted by molar-refractivity contribution is 0.525. The molecule has 0 amide bonds. The SMILES string of the molecule is Cc1nnn(C)c1-c1cc(F)c2nc(C)n(C(c3ccc(F)cc3F)c3ccc(F)cc3F)c2c1. The molecule has 0 spiro atoms. The molecule has 2 heterocycles. The van der Waals surface area contributed by atoms with Crippen molar-refractivity contribution < 1.29 is 22.0 Å². The number of hydrogen-bond acceptors (Lipinski definition) is 3. The first kappa shape index (κ1) is 22.7. The third-order valence-corrected chi connectivity index (χ3v) is 5.97. The van der Waals surface area contributed by atoms with Crippen molar-refractivity contribution in [1.82, 2.24) is 24.5 Å². The Morgan fingerprint density at radius 3 is 1.89 bits per heavy atom. The van der Waals surface area contributed by atoms with Crippen LogP contribution < -0.4 is 0 Å². The van der Waals surface area contributed by atoms with Gasteiger partial charge in [0.1, 0.15) is 34.6 Å². The maximum atomic E-state index is 15.3. The average molecular weight is 483 g/mol. The number of nitrogens with zero attached hydrogens (tertiary/aromatic N) is 5. The number of imidazole rings is 1.